The molecule has 0 saturated carbocycles. The van der Waals surface area contributed by atoms with Crippen molar-refractivity contribution in [1.29, 1.82) is 0 Å². The van der Waals surface area contributed by atoms with E-state index in [-0.39, 0.29) is 18.0 Å². The highest BCUT2D eigenvalue weighted by Crippen LogP contribution is 2.43. The van der Waals surface area contributed by atoms with E-state index in [0.717, 1.165) is 0 Å². The van der Waals surface area contributed by atoms with Crippen LogP contribution in [0.3, 0.4) is 0 Å². The Balaban J connectivity index is 1.86. The van der Waals surface area contributed by atoms with Gasteiger partial charge >= 0.3 is 6.09 Å². The second kappa shape index (κ2) is 4.33. The van der Waals surface area contributed by atoms with Crippen molar-refractivity contribution >= 4 is 12.0 Å². The van der Waals surface area contributed by atoms with Crippen molar-refractivity contribution < 1.29 is 23.8 Å². The molecule has 7 heteroatoms. The molecular weight excluding hydrogens is 276 g/mol. The number of rotatable bonds is 1. The van der Waals surface area contributed by atoms with Crippen molar-refractivity contribution in [3.05, 3.63) is 0 Å². The minimum absolute atomic E-state index is 0.0342. The van der Waals surface area contributed by atoms with Gasteiger partial charge in [-0.2, -0.15) is 0 Å². The van der Waals surface area contributed by atoms with Crippen molar-refractivity contribution in [1.82, 2.24) is 9.80 Å². The molecule has 0 aromatic heterocycles. The first-order valence-corrected chi connectivity index (χ1v) is 7.17. The number of carbonyl (C=O) groups excluding carboxylic acids is 2. The predicted molar refractivity (Wildman–Crippen MR) is 72.5 cm³/mol. The van der Waals surface area contributed by atoms with Crippen LogP contribution in [0.15, 0.2) is 0 Å². The molecule has 7 nitrogen and oxygen atoms in total. The number of ether oxygens (including phenoxy) is 3. The molecule has 2 amide bonds. The average molecular weight is 298 g/mol. The summed E-state index contributed by atoms with van der Waals surface area (Å²) >= 11 is 0. The summed E-state index contributed by atoms with van der Waals surface area (Å²) < 4.78 is 16.6. The number of piperazine rings is 1. The second-order valence-corrected chi connectivity index (χ2v) is 7.02. The van der Waals surface area contributed by atoms with Gasteiger partial charge in [-0.25, -0.2) is 4.79 Å². The zero-order chi connectivity index (χ0) is 15.6. The number of carbonyl (C=O) groups is 2. The molecule has 0 N–H and O–H groups in total. The van der Waals surface area contributed by atoms with E-state index in [1.165, 1.54) is 7.11 Å². The molecule has 118 valence electrons. The summed E-state index contributed by atoms with van der Waals surface area (Å²) in [5.74, 6) is -0.0342. The molecule has 0 spiro atoms. The van der Waals surface area contributed by atoms with Crippen LogP contribution in [0, 0.1) is 0 Å². The van der Waals surface area contributed by atoms with Crippen LogP contribution < -0.4 is 0 Å². The summed E-state index contributed by atoms with van der Waals surface area (Å²) in [6, 6.07) is -0.369. The molecule has 3 fully saturated rings. The third-order valence-corrected chi connectivity index (χ3v) is 4.30. The molecule has 21 heavy (non-hydrogen) atoms. The lowest BCUT2D eigenvalue weighted by atomic mass is 9.86. The summed E-state index contributed by atoms with van der Waals surface area (Å²) in [6.07, 6.45) is -0.896. The van der Waals surface area contributed by atoms with Gasteiger partial charge in [0.05, 0.1) is 25.2 Å². The maximum absolute atomic E-state index is 12.5. The summed E-state index contributed by atoms with van der Waals surface area (Å²) in [4.78, 5) is 27.9. The highest BCUT2D eigenvalue weighted by Gasteiger charge is 2.66. The Kier molecular flexibility index (Phi) is 3.01. The standard InChI is InChI=1S/C14H22N2O5/c1-13(2,3)21-12(18)16-8-6-20-14(16,4)7-15-9(8)10(19-5)11(15)17/h8-10H,6-7H2,1-5H3/t8-,9+,10-,14+/m0/s1. The van der Waals surface area contributed by atoms with Crippen molar-refractivity contribution in [3.63, 3.8) is 0 Å². The van der Waals surface area contributed by atoms with Gasteiger partial charge in [0.1, 0.15) is 5.60 Å². The van der Waals surface area contributed by atoms with E-state index in [4.69, 9.17) is 14.2 Å². The van der Waals surface area contributed by atoms with Crippen molar-refractivity contribution in [2.75, 3.05) is 20.3 Å². The Hall–Kier alpha value is -1.34. The fourth-order valence-corrected chi connectivity index (χ4v) is 3.46. The van der Waals surface area contributed by atoms with Crippen molar-refractivity contribution in [2.24, 2.45) is 0 Å². The molecule has 3 heterocycles. The highest BCUT2D eigenvalue weighted by atomic mass is 16.6. The molecule has 3 aliphatic rings. The molecule has 0 unspecified atom stereocenters. The van der Waals surface area contributed by atoms with Gasteiger partial charge in [0.25, 0.3) is 5.91 Å². The Morgan fingerprint density at radius 1 is 1.43 bits per heavy atom. The van der Waals surface area contributed by atoms with Gasteiger partial charge in [-0.05, 0) is 27.7 Å². The average Bonchev–Trinajstić information content (AvgIpc) is 2.62. The number of hydrogen-bond donors (Lipinski definition) is 0. The Bertz CT molecular complexity index is 488. The van der Waals surface area contributed by atoms with Crippen LogP contribution in [-0.4, -0.2) is 71.6 Å². The van der Waals surface area contributed by atoms with Crippen LogP contribution in [0.5, 0.6) is 0 Å². The fraction of sp³-hybridized carbons (Fsp3) is 0.857. The third-order valence-electron chi connectivity index (χ3n) is 4.30. The lowest BCUT2D eigenvalue weighted by Gasteiger charge is -2.56. The molecule has 0 aromatic carbocycles. The van der Waals surface area contributed by atoms with Gasteiger partial charge in [0, 0.05) is 7.11 Å². The first-order valence-electron chi connectivity index (χ1n) is 7.17. The Morgan fingerprint density at radius 3 is 2.67 bits per heavy atom. The molecule has 0 aromatic rings. The van der Waals surface area contributed by atoms with Crippen LogP contribution in [-0.2, 0) is 19.0 Å². The third kappa shape index (κ3) is 2.02. The normalized spacial score (nSPS) is 38.1. The van der Waals surface area contributed by atoms with E-state index in [2.05, 4.69) is 0 Å². The lowest BCUT2D eigenvalue weighted by molar-refractivity contribution is -0.198. The van der Waals surface area contributed by atoms with Crippen LogP contribution in [0.25, 0.3) is 0 Å². The fourth-order valence-electron chi connectivity index (χ4n) is 3.46. The largest absolute Gasteiger partial charge is 0.444 e. The zero-order valence-corrected chi connectivity index (χ0v) is 13.1. The van der Waals surface area contributed by atoms with Crippen LogP contribution in [0.4, 0.5) is 4.79 Å². The topological polar surface area (TPSA) is 68.3 Å². The van der Waals surface area contributed by atoms with E-state index in [0.29, 0.717) is 13.2 Å². The maximum Gasteiger partial charge on any atom is 0.413 e. The zero-order valence-electron chi connectivity index (χ0n) is 13.1. The van der Waals surface area contributed by atoms with Gasteiger partial charge in [-0.15, -0.1) is 0 Å². The molecule has 4 atom stereocenters. The van der Waals surface area contributed by atoms with E-state index in [1.807, 2.05) is 27.7 Å². The molecule has 3 aliphatic heterocycles. The van der Waals surface area contributed by atoms with Gasteiger partial charge in [-0.1, -0.05) is 0 Å². The molecule has 3 saturated heterocycles. The minimum atomic E-state index is -0.822. The van der Waals surface area contributed by atoms with E-state index in [9.17, 15) is 9.59 Å². The van der Waals surface area contributed by atoms with E-state index < -0.39 is 23.5 Å². The minimum Gasteiger partial charge on any atom is -0.444 e. The smallest absolute Gasteiger partial charge is 0.413 e. The second-order valence-electron chi connectivity index (χ2n) is 7.02. The van der Waals surface area contributed by atoms with Gasteiger partial charge in [0.15, 0.2) is 11.8 Å². The number of hydrogen-bond acceptors (Lipinski definition) is 5. The van der Waals surface area contributed by atoms with E-state index in [1.54, 1.807) is 9.80 Å². The van der Waals surface area contributed by atoms with Gasteiger partial charge < -0.3 is 19.1 Å². The van der Waals surface area contributed by atoms with Gasteiger partial charge in [-0.3, -0.25) is 9.69 Å². The number of amides is 2. The predicted octanol–water partition coefficient (Wildman–Crippen LogP) is 0.578. The number of nitrogens with zero attached hydrogens (tertiary/aromatic N) is 2. The summed E-state index contributed by atoms with van der Waals surface area (Å²) in [5, 5.41) is 0. The highest BCUT2D eigenvalue weighted by molar-refractivity contribution is 5.90. The van der Waals surface area contributed by atoms with Gasteiger partial charge in [0.2, 0.25) is 0 Å². The van der Waals surface area contributed by atoms with Crippen molar-refractivity contribution in [2.45, 2.75) is 57.2 Å². The van der Waals surface area contributed by atoms with E-state index >= 15 is 0 Å². The first-order chi connectivity index (χ1) is 9.68. The quantitative estimate of drug-likeness (QED) is 0.662. The summed E-state index contributed by atoms with van der Waals surface area (Å²) in [6.45, 7) is 8.06. The molecule has 3 rings (SSSR count). The van der Waals surface area contributed by atoms with Crippen LogP contribution in [0.1, 0.15) is 27.7 Å². The number of methoxy groups -OCH3 is 1. The summed E-state index contributed by atoms with van der Waals surface area (Å²) in [5.41, 5.74) is -1.39. The first kappa shape index (κ1) is 14.6. The lowest BCUT2D eigenvalue weighted by Crippen LogP contribution is -2.79. The molecule has 2 bridgehead atoms. The SMILES string of the molecule is CO[C@@H]1C(=O)N2C[C@@]3(C)OC[C@@H]([C@H]12)N3C(=O)OC(C)(C)C. The molecular formula is C14H22N2O5. The number of β-lactam (4-membered cyclic amide) rings is 1. The molecule has 0 radical (unpaired) electrons. The summed E-state index contributed by atoms with van der Waals surface area (Å²) in [7, 11) is 1.52. The maximum atomic E-state index is 12.5. The number of fused-ring (bicyclic) bond motifs is 4. The molecule has 0 aliphatic carbocycles. The Morgan fingerprint density at radius 2 is 2.10 bits per heavy atom. The van der Waals surface area contributed by atoms with Crippen molar-refractivity contribution in [3.8, 4) is 0 Å². The van der Waals surface area contributed by atoms with Crippen LogP contribution in [0.2, 0.25) is 0 Å². The van der Waals surface area contributed by atoms with Crippen LogP contribution >= 0.6 is 0 Å². The monoisotopic (exact) mass is 298 g/mol. The Labute approximate surface area is 124 Å².